The molecule has 0 fully saturated rings. The second-order valence-electron chi connectivity index (χ2n) is 10.1. The summed E-state index contributed by atoms with van der Waals surface area (Å²) in [5.41, 5.74) is 9.04. The van der Waals surface area contributed by atoms with Crippen LogP contribution in [0.1, 0.15) is 0 Å². The van der Waals surface area contributed by atoms with Gasteiger partial charge in [0.2, 0.25) is 5.16 Å². The minimum atomic E-state index is -0.354. The van der Waals surface area contributed by atoms with E-state index in [0.29, 0.717) is 5.16 Å². The predicted octanol–water partition coefficient (Wildman–Crippen LogP) is 6.84. The Kier molecular flexibility index (Phi) is 8.60. The van der Waals surface area contributed by atoms with Crippen LogP contribution in [0.25, 0.3) is 56.0 Å². The summed E-state index contributed by atoms with van der Waals surface area (Å²) in [6.45, 7) is 0. The molecule has 4 aromatic carbocycles. The molecule has 4 aromatic heterocycles. The fourth-order valence-electron chi connectivity index (χ4n) is 5.08. The second kappa shape index (κ2) is 13.6. The van der Waals surface area contributed by atoms with Gasteiger partial charge in [0, 0.05) is 34.9 Å². The highest BCUT2D eigenvalue weighted by molar-refractivity contribution is 7.94. The molecule has 0 amide bonds. The number of imidazole rings is 2. The Morgan fingerprint density at radius 2 is 1.26 bits per heavy atom. The molecule has 230 valence electrons. The summed E-state index contributed by atoms with van der Waals surface area (Å²) in [7, 11) is 1.44. The van der Waals surface area contributed by atoms with Gasteiger partial charge < -0.3 is 4.98 Å². The molecule has 47 heavy (non-hydrogen) atoms. The monoisotopic (exact) mass is 638 g/mol. The summed E-state index contributed by atoms with van der Waals surface area (Å²) < 4.78 is 8.91. The Morgan fingerprint density at radius 3 is 1.87 bits per heavy atom. The Labute approximate surface area is 272 Å². The van der Waals surface area contributed by atoms with Crippen molar-refractivity contribution in [3.05, 3.63) is 145 Å². The summed E-state index contributed by atoms with van der Waals surface area (Å²) in [6, 6.07) is 35.8. The Bertz CT molecular complexity index is 2340. The SMILES string of the molecule is COOSc1nccc(-c2ccc3c(c2)ncn3-c2ccccc2)n1.O=c1nccc(-c2ccc3c(c2)ncn3-c2ccccc2)[nH]1. The van der Waals surface area contributed by atoms with Gasteiger partial charge in [-0.15, -0.1) is 0 Å². The van der Waals surface area contributed by atoms with E-state index < -0.39 is 0 Å². The molecule has 0 saturated carbocycles. The zero-order valence-electron chi connectivity index (χ0n) is 25.0. The molecular weight excluding hydrogens is 613 g/mol. The molecule has 0 atom stereocenters. The molecule has 8 aromatic rings. The number of para-hydroxylation sites is 2. The van der Waals surface area contributed by atoms with E-state index in [-0.39, 0.29) is 5.69 Å². The first-order valence-electron chi connectivity index (χ1n) is 14.5. The van der Waals surface area contributed by atoms with Crippen LogP contribution >= 0.6 is 12.0 Å². The van der Waals surface area contributed by atoms with E-state index in [1.807, 2.05) is 102 Å². The van der Waals surface area contributed by atoms with E-state index in [0.717, 1.165) is 68.0 Å². The summed E-state index contributed by atoms with van der Waals surface area (Å²) in [4.78, 5) is 39.8. The molecule has 0 radical (unpaired) electrons. The smallest absolute Gasteiger partial charge is 0.305 e. The molecular formula is C35H26N8O3S. The number of fused-ring (bicyclic) bond motifs is 2. The van der Waals surface area contributed by atoms with E-state index in [2.05, 4.69) is 51.5 Å². The number of rotatable bonds is 7. The van der Waals surface area contributed by atoms with Gasteiger partial charge in [0.05, 0.1) is 40.6 Å². The van der Waals surface area contributed by atoms with Gasteiger partial charge in [0.15, 0.2) is 0 Å². The maximum Gasteiger partial charge on any atom is 0.345 e. The van der Waals surface area contributed by atoms with E-state index in [9.17, 15) is 4.79 Å². The first kappa shape index (κ1) is 29.7. The van der Waals surface area contributed by atoms with E-state index in [4.69, 9.17) is 4.33 Å². The molecule has 4 heterocycles. The Balaban J connectivity index is 0.000000151. The summed E-state index contributed by atoms with van der Waals surface area (Å²) >= 11 is 0.970. The van der Waals surface area contributed by atoms with Crippen molar-refractivity contribution in [3.63, 3.8) is 0 Å². The van der Waals surface area contributed by atoms with Crippen molar-refractivity contribution in [2.24, 2.45) is 0 Å². The third-order valence-corrected chi connectivity index (χ3v) is 7.80. The van der Waals surface area contributed by atoms with Crippen molar-refractivity contribution in [2.75, 3.05) is 7.11 Å². The fraction of sp³-hybridized carbons (Fsp3) is 0.0286. The molecule has 0 bridgehead atoms. The number of nitrogens with zero attached hydrogens (tertiary/aromatic N) is 7. The van der Waals surface area contributed by atoms with Gasteiger partial charge >= 0.3 is 5.69 Å². The highest BCUT2D eigenvalue weighted by Crippen LogP contribution is 2.26. The van der Waals surface area contributed by atoms with Crippen molar-refractivity contribution >= 4 is 34.1 Å². The van der Waals surface area contributed by atoms with Crippen LogP contribution in [0.15, 0.2) is 144 Å². The molecule has 0 saturated heterocycles. The molecule has 1 N–H and O–H groups in total. The van der Waals surface area contributed by atoms with E-state index >= 15 is 0 Å². The molecule has 0 unspecified atom stereocenters. The first-order chi connectivity index (χ1) is 23.2. The average Bonchev–Trinajstić information content (AvgIpc) is 3.76. The largest absolute Gasteiger partial charge is 0.345 e. The van der Waals surface area contributed by atoms with Crippen molar-refractivity contribution in [1.82, 2.24) is 39.0 Å². The number of hydrogen-bond acceptors (Lipinski definition) is 9. The van der Waals surface area contributed by atoms with Crippen LogP contribution in [0.3, 0.4) is 0 Å². The van der Waals surface area contributed by atoms with Crippen LogP contribution in [-0.2, 0) is 9.22 Å². The van der Waals surface area contributed by atoms with Crippen LogP contribution in [0.4, 0.5) is 0 Å². The fourth-order valence-corrected chi connectivity index (χ4v) is 5.45. The minimum Gasteiger partial charge on any atom is -0.305 e. The minimum absolute atomic E-state index is 0.354. The average molecular weight is 639 g/mol. The number of benzene rings is 4. The molecule has 12 heteroatoms. The quantitative estimate of drug-likeness (QED) is 0.0864. The van der Waals surface area contributed by atoms with Gasteiger partial charge in [-0.05, 0) is 60.7 Å². The number of H-pyrrole nitrogens is 1. The first-order valence-corrected chi connectivity index (χ1v) is 15.2. The number of hydrogen-bond donors (Lipinski definition) is 1. The van der Waals surface area contributed by atoms with Gasteiger partial charge in [-0.2, -0.15) is 4.33 Å². The summed E-state index contributed by atoms with van der Waals surface area (Å²) in [6.07, 6.45) is 6.83. The molecule has 0 spiro atoms. The lowest BCUT2D eigenvalue weighted by Crippen LogP contribution is -2.09. The maximum atomic E-state index is 11.3. The summed E-state index contributed by atoms with van der Waals surface area (Å²) in [5.74, 6) is 0. The zero-order chi connectivity index (χ0) is 32.0. The second-order valence-corrected chi connectivity index (χ2v) is 10.8. The lowest BCUT2D eigenvalue weighted by Gasteiger charge is -2.05. The highest BCUT2D eigenvalue weighted by Gasteiger charge is 2.10. The van der Waals surface area contributed by atoms with Crippen molar-refractivity contribution in [1.29, 1.82) is 0 Å². The van der Waals surface area contributed by atoms with Gasteiger partial charge in [0.25, 0.3) is 0 Å². The number of nitrogens with one attached hydrogen (secondary N) is 1. The molecule has 0 aliphatic carbocycles. The van der Waals surface area contributed by atoms with E-state index in [1.165, 1.54) is 13.3 Å². The van der Waals surface area contributed by atoms with Crippen LogP contribution < -0.4 is 5.69 Å². The van der Waals surface area contributed by atoms with E-state index in [1.54, 1.807) is 18.6 Å². The van der Waals surface area contributed by atoms with Crippen molar-refractivity contribution in [2.45, 2.75) is 5.16 Å². The lowest BCUT2D eigenvalue weighted by molar-refractivity contribution is -0.160. The van der Waals surface area contributed by atoms with Crippen LogP contribution in [0.5, 0.6) is 0 Å². The summed E-state index contributed by atoms with van der Waals surface area (Å²) in [5, 5.41) is 0.481. The van der Waals surface area contributed by atoms with Crippen LogP contribution in [0.2, 0.25) is 0 Å². The molecule has 11 nitrogen and oxygen atoms in total. The zero-order valence-corrected chi connectivity index (χ0v) is 25.8. The van der Waals surface area contributed by atoms with Gasteiger partial charge in [-0.1, -0.05) is 48.5 Å². The third-order valence-electron chi connectivity index (χ3n) is 7.25. The lowest BCUT2D eigenvalue weighted by atomic mass is 10.1. The highest BCUT2D eigenvalue weighted by atomic mass is 32.2. The number of aromatic amines is 1. The normalized spacial score (nSPS) is 11.0. The Morgan fingerprint density at radius 1 is 0.660 bits per heavy atom. The predicted molar refractivity (Wildman–Crippen MR) is 181 cm³/mol. The molecule has 0 aliphatic rings. The molecule has 8 rings (SSSR count). The van der Waals surface area contributed by atoms with Crippen LogP contribution in [-0.4, -0.2) is 46.1 Å². The van der Waals surface area contributed by atoms with Crippen molar-refractivity contribution < 1.29 is 9.22 Å². The maximum absolute atomic E-state index is 11.3. The Hall–Kier alpha value is -5.95. The standard InChI is InChI=1S/C18H14N4O2S.C17H12N4O/c1-23-24-25-18-19-10-9-15(21-18)13-7-8-17-16(11-13)20-12-22(17)14-5-3-2-4-6-14;22-17-18-9-8-14(20-17)12-6-7-16-15(10-12)19-11-21(16)13-4-2-1-3-5-13/h2-12H,1H3;1-11H,(H,18,20,22). The van der Waals surface area contributed by atoms with Gasteiger partial charge in [0.1, 0.15) is 24.7 Å². The number of aromatic nitrogens is 8. The topological polar surface area (TPSA) is 126 Å². The van der Waals surface area contributed by atoms with Crippen molar-refractivity contribution in [3.8, 4) is 33.9 Å². The van der Waals surface area contributed by atoms with Gasteiger partial charge in [-0.25, -0.2) is 34.6 Å². The van der Waals surface area contributed by atoms with Crippen LogP contribution in [0, 0.1) is 0 Å². The third kappa shape index (κ3) is 6.56. The molecule has 0 aliphatic heterocycles. The van der Waals surface area contributed by atoms with Gasteiger partial charge in [-0.3, -0.25) is 9.13 Å².